The highest BCUT2D eigenvalue weighted by molar-refractivity contribution is 5.79. The van der Waals surface area contributed by atoms with Gasteiger partial charge in [0, 0.05) is 11.8 Å². The Hall–Kier alpha value is -2.38. The van der Waals surface area contributed by atoms with Crippen molar-refractivity contribution in [3.8, 4) is 11.1 Å². The molecule has 0 unspecified atom stereocenters. The van der Waals surface area contributed by atoms with E-state index >= 15 is 0 Å². The Morgan fingerprint density at radius 2 is 1.04 bits per heavy atom. The second kappa shape index (κ2) is 5.36. The van der Waals surface area contributed by atoms with Crippen LogP contribution in [-0.2, 0) is 4.74 Å². The lowest BCUT2D eigenvalue weighted by Gasteiger charge is -2.38. The zero-order chi connectivity index (χ0) is 19.3. The van der Waals surface area contributed by atoms with E-state index in [9.17, 15) is 0 Å². The maximum absolute atomic E-state index is 6.70. The van der Waals surface area contributed by atoms with E-state index in [1.165, 1.54) is 61.2 Å². The van der Waals surface area contributed by atoms with E-state index in [4.69, 9.17) is 4.74 Å². The highest BCUT2D eigenvalue weighted by atomic mass is 16.5. The van der Waals surface area contributed by atoms with E-state index in [0.717, 1.165) is 0 Å². The Morgan fingerprint density at radius 3 is 1.61 bits per heavy atom. The minimum absolute atomic E-state index is 0.181. The molecule has 1 saturated heterocycles. The fourth-order valence-corrected chi connectivity index (χ4v) is 5.85. The van der Waals surface area contributed by atoms with Crippen LogP contribution in [0.1, 0.15) is 74.1 Å². The molecule has 1 aliphatic carbocycles. The molecule has 140 valence electrons. The minimum Gasteiger partial charge on any atom is -0.364 e. The van der Waals surface area contributed by atoms with E-state index in [1.54, 1.807) is 0 Å². The van der Waals surface area contributed by atoms with Crippen LogP contribution < -0.4 is 0 Å². The van der Waals surface area contributed by atoms with Gasteiger partial charge in [-0.2, -0.15) is 0 Å². The van der Waals surface area contributed by atoms with Gasteiger partial charge in [-0.25, -0.2) is 0 Å². The first-order chi connectivity index (χ1) is 13.4. The molecule has 1 heteroatoms. The highest BCUT2D eigenvalue weighted by Gasteiger charge is 2.55. The second-order valence-corrected chi connectivity index (χ2v) is 9.21. The van der Waals surface area contributed by atoms with Crippen molar-refractivity contribution in [2.45, 2.75) is 58.7 Å². The molecule has 1 nitrogen and oxygen atoms in total. The molecule has 2 aliphatic heterocycles. The van der Waals surface area contributed by atoms with Gasteiger partial charge in [-0.05, 0) is 90.3 Å². The molecule has 0 aromatic heterocycles. The summed E-state index contributed by atoms with van der Waals surface area (Å²) in [5, 5.41) is 0. The molecule has 2 bridgehead atoms. The van der Waals surface area contributed by atoms with Gasteiger partial charge in [-0.1, -0.05) is 48.0 Å². The molecule has 28 heavy (non-hydrogen) atoms. The summed E-state index contributed by atoms with van der Waals surface area (Å²) >= 11 is 0. The molecule has 0 spiro atoms. The summed E-state index contributed by atoms with van der Waals surface area (Å²) in [6, 6.07) is 16.6. The van der Waals surface area contributed by atoms with Crippen molar-refractivity contribution in [1.29, 1.82) is 0 Å². The lowest BCUT2D eigenvalue weighted by molar-refractivity contribution is 0.0644. The predicted molar refractivity (Wildman–Crippen MR) is 114 cm³/mol. The van der Waals surface area contributed by atoms with Gasteiger partial charge < -0.3 is 4.74 Å². The Labute approximate surface area is 167 Å². The molecule has 3 aliphatic rings. The second-order valence-electron chi connectivity index (χ2n) is 9.21. The van der Waals surface area contributed by atoms with Crippen LogP contribution in [0.25, 0.3) is 11.1 Å². The summed E-state index contributed by atoms with van der Waals surface area (Å²) in [6.45, 7) is 11.1. The fourth-order valence-electron chi connectivity index (χ4n) is 5.85. The van der Waals surface area contributed by atoms with E-state index in [-0.39, 0.29) is 12.2 Å². The van der Waals surface area contributed by atoms with Gasteiger partial charge in [0.25, 0.3) is 0 Å². The summed E-state index contributed by atoms with van der Waals surface area (Å²) < 4.78 is 6.70. The monoisotopic (exact) mass is 366 g/mol. The third-order valence-electron chi connectivity index (χ3n) is 7.53. The SMILES string of the molecule is Cc1ccc2c(c1)[C@H]1O[C@@H]2[C@@H]2c3cc(C)c(C)cc3-c3cc(C)c(C)cc3[C@@H]21. The number of fused-ring (bicyclic) bond motifs is 13. The largest absolute Gasteiger partial charge is 0.364 e. The molecular formula is C27H26O. The van der Waals surface area contributed by atoms with Crippen molar-refractivity contribution in [3.63, 3.8) is 0 Å². The molecule has 0 amide bonds. The number of ether oxygens (including phenoxy) is 1. The van der Waals surface area contributed by atoms with Crippen LogP contribution in [0.2, 0.25) is 0 Å². The van der Waals surface area contributed by atoms with Crippen LogP contribution in [0.5, 0.6) is 0 Å². The van der Waals surface area contributed by atoms with Crippen LogP contribution >= 0.6 is 0 Å². The summed E-state index contributed by atoms with van der Waals surface area (Å²) in [7, 11) is 0. The van der Waals surface area contributed by atoms with Crippen molar-refractivity contribution in [1.82, 2.24) is 0 Å². The van der Waals surface area contributed by atoms with Crippen molar-refractivity contribution in [3.05, 3.63) is 92.5 Å². The number of hydrogen-bond donors (Lipinski definition) is 0. The molecule has 3 aromatic carbocycles. The smallest absolute Gasteiger partial charge is 0.0913 e. The van der Waals surface area contributed by atoms with Gasteiger partial charge in [0.15, 0.2) is 0 Å². The molecular weight excluding hydrogens is 340 g/mol. The molecule has 2 heterocycles. The number of hydrogen-bond acceptors (Lipinski definition) is 1. The van der Waals surface area contributed by atoms with Gasteiger partial charge in [-0.15, -0.1) is 0 Å². The molecule has 4 atom stereocenters. The van der Waals surface area contributed by atoms with Gasteiger partial charge in [0.05, 0.1) is 12.2 Å². The van der Waals surface area contributed by atoms with E-state index in [1.807, 2.05) is 0 Å². The first-order valence-electron chi connectivity index (χ1n) is 10.4. The Bertz CT molecular complexity index is 1170. The topological polar surface area (TPSA) is 9.23 Å². The van der Waals surface area contributed by atoms with Gasteiger partial charge in [0.1, 0.15) is 0 Å². The maximum atomic E-state index is 6.70. The summed E-state index contributed by atoms with van der Waals surface area (Å²) in [6.07, 6.45) is 0.363. The average Bonchev–Trinajstić information content (AvgIpc) is 3.21. The first-order valence-corrected chi connectivity index (χ1v) is 10.4. The molecule has 1 fully saturated rings. The number of benzene rings is 3. The summed E-state index contributed by atoms with van der Waals surface area (Å²) in [5.74, 6) is 0.840. The standard InChI is InChI=1S/C27H26O/c1-13-6-7-18-23(8-13)27-25-22-12-17(5)15(3)10-20(22)19-9-14(2)16(4)11-21(19)24(25)26(18)28-27/h6-12,24-27H,1-5H3/t24-,25+,26+,27-/m1/s1. The van der Waals surface area contributed by atoms with Gasteiger partial charge in [0.2, 0.25) is 0 Å². The maximum Gasteiger partial charge on any atom is 0.0913 e. The zero-order valence-corrected chi connectivity index (χ0v) is 17.3. The molecule has 0 radical (unpaired) electrons. The first kappa shape index (κ1) is 16.6. The van der Waals surface area contributed by atoms with Crippen LogP contribution in [0.15, 0.2) is 42.5 Å². The van der Waals surface area contributed by atoms with E-state index < -0.39 is 0 Å². The van der Waals surface area contributed by atoms with Crippen LogP contribution in [0.3, 0.4) is 0 Å². The average molecular weight is 367 g/mol. The normalized spacial score (nSPS) is 25.9. The van der Waals surface area contributed by atoms with Crippen LogP contribution in [0, 0.1) is 34.6 Å². The molecule has 0 N–H and O–H groups in total. The summed E-state index contributed by atoms with van der Waals surface area (Å²) in [5.41, 5.74) is 15.5. The van der Waals surface area contributed by atoms with Crippen LogP contribution in [0.4, 0.5) is 0 Å². The van der Waals surface area contributed by atoms with Gasteiger partial charge in [-0.3, -0.25) is 0 Å². The Balaban J connectivity index is 1.68. The quantitative estimate of drug-likeness (QED) is 0.420. The highest BCUT2D eigenvalue weighted by Crippen LogP contribution is 2.68. The van der Waals surface area contributed by atoms with Crippen molar-refractivity contribution >= 4 is 0 Å². The minimum atomic E-state index is 0.181. The fraction of sp³-hybridized carbons (Fsp3) is 0.333. The lowest BCUT2D eigenvalue weighted by atomic mass is 9.63. The van der Waals surface area contributed by atoms with Gasteiger partial charge >= 0.3 is 0 Å². The number of aryl methyl sites for hydroxylation is 5. The molecule has 3 aromatic rings. The van der Waals surface area contributed by atoms with Crippen molar-refractivity contribution in [2.75, 3.05) is 0 Å². The predicted octanol–water partition coefficient (Wildman–Crippen LogP) is 6.90. The third-order valence-corrected chi connectivity index (χ3v) is 7.53. The zero-order valence-electron chi connectivity index (χ0n) is 17.3. The van der Waals surface area contributed by atoms with E-state index in [2.05, 4.69) is 77.1 Å². The van der Waals surface area contributed by atoms with Crippen molar-refractivity contribution in [2.24, 2.45) is 0 Å². The van der Waals surface area contributed by atoms with Crippen LogP contribution in [-0.4, -0.2) is 0 Å². The molecule has 0 saturated carbocycles. The Morgan fingerprint density at radius 1 is 0.536 bits per heavy atom. The van der Waals surface area contributed by atoms with Crippen molar-refractivity contribution < 1.29 is 4.74 Å². The summed E-state index contributed by atoms with van der Waals surface area (Å²) in [4.78, 5) is 0. The van der Waals surface area contributed by atoms with E-state index in [0.29, 0.717) is 11.8 Å². The molecule has 6 rings (SSSR count). The lowest BCUT2D eigenvalue weighted by Crippen LogP contribution is -2.24. The Kier molecular flexibility index (Phi) is 3.17. The number of rotatable bonds is 0. The third kappa shape index (κ3) is 1.96.